The summed E-state index contributed by atoms with van der Waals surface area (Å²) in [6.07, 6.45) is 0. The van der Waals surface area contributed by atoms with E-state index in [1.54, 1.807) is 18.2 Å². The molecule has 0 aliphatic heterocycles. The second kappa shape index (κ2) is 10.6. The molecule has 6 nitrogen and oxygen atoms in total. The Morgan fingerprint density at radius 2 is 1.00 bits per heavy atom. The summed E-state index contributed by atoms with van der Waals surface area (Å²) >= 11 is 10.4. The fourth-order valence-electron chi connectivity index (χ4n) is 2.75. The van der Waals surface area contributed by atoms with Gasteiger partial charge in [-0.2, -0.15) is 0 Å². The number of hydrogen-bond donors (Lipinski definition) is 4. The minimum absolute atomic E-state index is 0.164. The summed E-state index contributed by atoms with van der Waals surface area (Å²) in [5, 5.41) is 11.5. The summed E-state index contributed by atoms with van der Waals surface area (Å²) in [7, 11) is 0. The maximum absolute atomic E-state index is 12.6. The van der Waals surface area contributed by atoms with Crippen molar-refractivity contribution in [3.63, 3.8) is 0 Å². The summed E-state index contributed by atoms with van der Waals surface area (Å²) in [6, 6.07) is 21.5. The average molecular weight is 463 g/mol. The molecule has 3 rings (SSSR count). The van der Waals surface area contributed by atoms with Crippen molar-refractivity contribution in [1.29, 1.82) is 0 Å². The summed E-state index contributed by atoms with van der Waals surface area (Å²) in [5.74, 6) is -0.853. The van der Waals surface area contributed by atoms with Crippen molar-refractivity contribution >= 4 is 57.8 Å². The Morgan fingerprint density at radius 3 is 1.38 bits per heavy atom. The molecule has 0 bridgehead atoms. The van der Waals surface area contributed by atoms with Gasteiger partial charge in [0.05, 0.1) is 0 Å². The van der Waals surface area contributed by atoms with Gasteiger partial charge in [-0.15, -0.1) is 0 Å². The SMILES string of the molecule is Cc1ccc(NC(=S)NC(=O)c2cccc(C(=O)NC(=S)Nc3ccc(C)cc3)c2)cc1. The number of carbonyl (C=O) groups excluding carboxylic acids is 2. The molecule has 0 atom stereocenters. The number of hydrogen-bond acceptors (Lipinski definition) is 4. The number of carbonyl (C=O) groups is 2. The summed E-state index contributed by atoms with van der Waals surface area (Å²) in [5.41, 5.74) is 4.36. The van der Waals surface area contributed by atoms with Gasteiger partial charge in [0.1, 0.15) is 0 Å². The fraction of sp³-hybridized carbons (Fsp3) is 0.0833. The molecule has 0 saturated heterocycles. The molecular weight excluding hydrogens is 440 g/mol. The van der Waals surface area contributed by atoms with Crippen molar-refractivity contribution in [2.24, 2.45) is 0 Å². The number of rotatable bonds is 4. The number of thiocarbonyl (C=S) groups is 2. The van der Waals surface area contributed by atoms with Crippen LogP contribution in [0.1, 0.15) is 31.8 Å². The van der Waals surface area contributed by atoms with E-state index in [1.165, 1.54) is 6.07 Å². The lowest BCUT2D eigenvalue weighted by Gasteiger charge is -2.11. The average Bonchev–Trinajstić information content (AvgIpc) is 2.77. The van der Waals surface area contributed by atoms with Gasteiger partial charge >= 0.3 is 0 Å². The molecule has 0 aromatic heterocycles. The summed E-state index contributed by atoms with van der Waals surface area (Å²) in [6.45, 7) is 3.97. The zero-order chi connectivity index (χ0) is 23.1. The van der Waals surface area contributed by atoms with E-state index in [9.17, 15) is 9.59 Å². The van der Waals surface area contributed by atoms with Crippen molar-refractivity contribution in [3.05, 3.63) is 95.1 Å². The molecule has 3 aromatic rings. The van der Waals surface area contributed by atoms with E-state index < -0.39 is 11.8 Å². The lowest BCUT2D eigenvalue weighted by molar-refractivity contribution is 0.0976. The van der Waals surface area contributed by atoms with E-state index >= 15 is 0 Å². The molecule has 0 spiro atoms. The Kier molecular flexibility index (Phi) is 7.64. The van der Waals surface area contributed by atoms with E-state index in [2.05, 4.69) is 21.3 Å². The molecule has 0 aliphatic rings. The van der Waals surface area contributed by atoms with Crippen LogP contribution in [0.2, 0.25) is 0 Å². The number of nitrogens with one attached hydrogen (secondary N) is 4. The Balaban J connectivity index is 1.58. The van der Waals surface area contributed by atoms with Crippen molar-refractivity contribution in [1.82, 2.24) is 10.6 Å². The Morgan fingerprint density at radius 1 is 0.625 bits per heavy atom. The molecule has 0 aliphatic carbocycles. The number of anilines is 2. The van der Waals surface area contributed by atoms with Crippen LogP contribution in [0.5, 0.6) is 0 Å². The van der Waals surface area contributed by atoms with Gasteiger partial charge in [-0.1, -0.05) is 41.5 Å². The highest BCUT2D eigenvalue weighted by molar-refractivity contribution is 7.80. The first-order valence-electron chi connectivity index (χ1n) is 9.78. The van der Waals surface area contributed by atoms with Gasteiger partial charge in [0.2, 0.25) is 0 Å². The predicted octanol–water partition coefficient (Wildman–Crippen LogP) is 4.56. The number of aryl methyl sites for hydroxylation is 2. The van der Waals surface area contributed by atoms with E-state index in [1.807, 2.05) is 62.4 Å². The predicted molar refractivity (Wildman–Crippen MR) is 136 cm³/mol. The summed E-state index contributed by atoms with van der Waals surface area (Å²) in [4.78, 5) is 25.1. The van der Waals surface area contributed by atoms with E-state index in [4.69, 9.17) is 24.4 Å². The molecule has 8 heteroatoms. The van der Waals surface area contributed by atoms with Crippen molar-refractivity contribution in [2.45, 2.75) is 13.8 Å². The first-order chi connectivity index (χ1) is 15.3. The molecule has 3 aromatic carbocycles. The number of benzene rings is 3. The Hall–Kier alpha value is -3.62. The molecule has 4 N–H and O–H groups in total. The van der Waals surface area contributed by atoms with Crippen LogP contribution in [0, 0.1) is 13.8 Å². The van der Waals surface area contributed by atoms with Crippen LogP contribution in [-0.2, 0) is 0 Å². The normalized spacial score (nSPS) is 10.1. The quantitative estimate of drug-likeness (QED) is 0.426. The Labute approximate surface area is 197 Å². The fourth-order valence-corrected chi connectivity index (χ4v) is 3.17. The smallest absolute Gasteiger partial charge is 0.257 e. The van der Waals surface area contributed by atoms with Crippen LogP contribution < -0.4 is 21.3 Å². The molecular formula is C24H22N4O2S2. The van der Waals surface area contributed by atoms with Crippen molar-refractivity contribution in [3.8, 4) is 0 Å². The molecule has 2 amide bonds. The third kappa shape index (κ3) is 6.69. The first-order valence-corrected chi connectivity index (χ1v) is 10.6. The van der Waals surface area contributed by atoms with Crippen LogP contribution >= 0.6 is 24.4 Å². The van der Waals surface area contributed by atoms with Gasteiger partial charge in [0.15, 0.2) is 10.2 Å². The van der Waals surface area contributed by atoms with Crippen LogP contribution in [-0.4, -0.2) is 22.0 Å². The number of amides is 2. The molecule has 32 heavy (non-hydrogen) atoms. The van der Waals surface area contributed by atoms with Gasteiger partial charge in [0.25, 0.3) is 11.8 Å². The van der Waals surface area contributed by atoms with Crippen molar-refractivity contribution < 1.29 is 9.59 Å². The van der Waals surface area contributed by atoms with E-state index in [-0.39, 0.29) is 10.2 Å². The maximum atomic E-state index is 12.6. The highest BCUT2D eigenvalue weighted by Gasteiger charge is 2.13. The highest BCUT2D eigenvalue weighted by Crippen LogP contribution is 2.10. The Bertz CT molecular complexity index is 1070. The standard InChI is InChI=1S/C24H22N4O2S2/c1-15-6-10-19(11-7-15)25-23(31)27-21(29)17-4-3-5-18(14-17)22(30)28-24(32)26-20-12-8-16(2)9-13-20/h3-14H,1-2H3,(H2,25,27,29,31)(H2,26,28,30,32). The van der Waals surface area contributed by atoms with Gasteiger partial charge in [-0.25, -0.2) is 0 Å². The lowest BCUT2D eigenvalue weighted by atomic mass is 10.1. The maximum Gasteiger partial charge on any atom is 0.257 e. The summed E-state index contributed by atoms with van der Waals surface area (Å²) < 4.78 is 0. The monoisotopic (exact) mass is 462 g/mol. The van der Waals surface area contributed by atoms with E-state index in [0.717, 1.165) is 22.5 Å². The topological polar surface area (TPSA) is 82.3 Å². The van der Waals surface area contributed by atoms with Crippen LogP contribution in [0.3, 0.4) is 0 Å². The van der Waals surface area contributed by atoms with Crippen molar-refractivity contribution in [2.75, 3.05) is 10.6 Å². The van der Waals surface area contributed by atoms with Gasteiger partial charge < -0.3 is 10.6 Å². The molecule has 0 unspecified atom stereocenters. The van der Waals surface area contributed by atoms with Gasteiger partial charge in [-0.05, 0) is 80.7 Å². The molecule has 0 fully saturated rings. The molecule has 162 valence electrons. The minimum Gasteiger partial charge on any atom is -0.332 e. The van der Waals surface area contributed by atoms with Crippen LogP contribution in [0.15, 0.2) is 72.8 Å². The zero-order valence-electron chi connectivity index (χ0n) is 17.6. The van der Waals surface area contributed by atoms with Crippen LogP contribution in [0.25, 0.3) is 0 Å². The van der Waals surface area contributed by atoms with Crippen LogP contribution in [0.4, 0.5) is 11.4 Å². The van der Waals surface area contributed by atoms with E-state index in [0.29, 0.717) is 11.1 Å². The molecule has 0 radical (unpaired) electrons. The second-order valence-corrected chi connectivity index (χ2v) is 7.95. The van der Waals surface area contributed by atoms with Gasteiger partial charge in [0, 0.05) is 22.5 Å². The highest BCUT2D eigenvalue weighted by atomic mass is 32.1. The largest absolute Gasteiger partial charge is 0.332 e. The third-order valence-corrected chi connectivity index (χ3v) is 4.87. The first kappa shape index (κ1) is 23.1. The third-order valence-electron chi connectivity index (χ3n) is 4.46. The van der Waals surface area contributed by atoms with Gasteiger partial charge in [-0.3, -0.25) is 20.2 Å². The minimum atomic E-state index is -0.426. The second-order valence-electron chi connectivity index (χ2n) is 7.13. The lowest BCUT2D eigenvalue weighted by Crippen LogP contribution is -2.35. The molecule has 0 saturated carbocycles. The molecule has 0 heterocycles. The zero-order valence-corrected chi connectivity index (χ0v) is 19.2.